The van der Waals surface area contributed by atoms with E-state index in [2.05, 4.69) is 18.7 Å². The van der Waals surface area contributed by atoms with Crippen molar-refractivity contribution >= 4 is 59.3 Å². The van der Waals surface area contributed by atoms with Gasteiger partial charge in [0.1, 0.15) is 0 Å². The van der Waals surface area contributed by atoms with E-state index in [1.54, 1.807) is 0 Å². The van der Waals surface area contributed by atoms with E-state index < -0.39 is 7.32 Å². The monoisotopic (exact) mass is 417 g/mol. The first-order valence-electron chi connectivity index (χ1n) is 7.49. The summed E-state index contributed by atoms with van der Waals surface area (Å²) in [6.45, 7) is 6.01. The Morgan fingerprint density at radius 2 is 1.27 bits per heavy atom. The van der Waals surface area contributed by atoms with Crippen LogP contribution < -0.4 is 4.90 Å². The van der Waals surface area contributed by atoms with Crippen LogP contribution in [-0.4, -0.2) is 41.3 Å². The molecule has 2 aromatic carbocycles. The van der Waals surface area contributed by atoms with Gasteiger partial charge in [-0.05, 0) is 26.0 Å². The lowest BCUT2D eigenvalue weighted by Gasteiger charge is -2.23. The summed E-state index contributed by atoms with van der Waals surface area (Å²) < 4.78 is 0. The predicted octanol–water partition coefficient (Wildman–Crippen LogP) is 2.05. The molecular formula is C17H28BNO4S3. The van der Waals surface area contributed by atoms with Gasteiger partial charge >= 0.3 is 7.32 Å². The average molecular weight is 417 g/mol. The molecule has 0 spiro atoms. The quantitative estimate of drug-likeness (QED) is 0.513. The van der Waals surface area contributed by atoms with Crippen molar-refractivity contribution in [2.75, 3.05) is 18.0 Å². The molecule has 146 valence electrons. The van der Waals surface area contributed by atoms with Gasteiger partial charge in [0.05, 0.1) is 0 Å². The molecule has 5 nitrogen and oxygen atoms in total. The molecule has 0 aliphatic carbocycles. The second-order valence-corrected chi connectivity index (χ2v) is 4.73. The Kier molecular flexibility index (Phi) is 18.4. The van der Waals surface area contributed by atoms with E-state index in [4.69, 9.17) is 15.1 Å². The highest BCUT2D eigenvalue weighted by Crippen LogP contribution is 2.23. The van der Waals surface area contributed by atoms with Crippen LogP contribution in [0.1, 0.15) is 29.8 Å². The third-order valence-corrected chi connectivity index (χ3v) is 3.29. The first kappa shape index (κ1) is 29.7. The summed E-state index contributed by atoms with van der Waals surface area (Å²) >= 11 is 0. The van der Waals surface area contributed by atoms with Crippen molar-refractivity contribution in [2.24, 2.45) is 0 Å². The first-order valence-corrected chi connectivity index (χ1v) is 7.49. The molecule has 0 fully saturated rings. The van der Waals surface area contributed by atoms with Gasteiger partial charge in [-0.15, -0.1) is 0 Å². The zero-order valence-corrected chi connectivity index (χ0v) is 17.9. The Hall–Kier alpha value is -1.10. The molecule has 0 radical (unpaired) electrons. The summed E-state index contributed by atoms with van der Waals surface area (Å²) in [4.78, 5) is 14.8. The third kappa shape index (κ3) is 9.56. The van der Waals surface area contributed by atoms with E-state index in [9.17, 15) is 4.79 Å². The predicted molar refractivity (Wildman–Crippen MR) is 123 cm³/mol. The van der Waals surface area contributed by atoms with Crippen LogP contribution in [0.5, 0.6) is 0 Å². The van der Waals surface area contributed by atoms with Gasteiger partial charge in [0.25, 0.3) is 0 Å². The number of carbonyl (C=O) groups excluding carboxylic acids is 1. The zero-order valence-electron chi connectivity index (χ0n) is 14.9. The van der Waals surface area contributed by atoms with Crippen LogP contribution in [0.3, 0.4) is 0 Å². The molecule has 0 saturated carbocycles. The summed E-state index contributed by atoms with van der Waals surface area (Å²) in [5.41, 5.74) is 2.53. The van der Waals surface area contributed by atoms with Gasteiger partial charge in [-0.25, -0.2) is 0 Å². The lowest BCUT2D eigenvalue weighted by Crippen LogP contribution is -2.24. The number of nitrogens with zero attached hydrogens (tertiary/aromatic N) is 1. The van der Waals surface area contributed by atoms with Crippen LogP contribution in [0.25, 0.3) is 0 Å². The van der Waals surface area contributed by atoms with Gasteiger partial charge in [-0.1, -0.05) is 42.5 Å². The fraction of sp³-hybridized carbons (Fsp3) is 0.235. The SMILES string of the molecule is CCN(CC)c1ccccc1C(=O)c1ccccc1.OB(O)O.S.S.S. The van der Waals surface area contributed by atoms with E-state index in [1.165, 1.54) is 0 Å². The topological polar surface area (TPSA) is 81.0 Å². The highest BCUT2D eigenvalue weighted by molar-refractivity contribution is 7.59. The minimum absolute atomic E-state index is 0. The number of carbonyl (C=O) groups is 1. The number of hydrogen-bond acceptors (Lipinski definition) is 5. The maximum absolute atomic E-state index is 12.6. The summed E-state index contributed by atoms with van der Waals surface area (Å²) in [5, 5.41) is 21.5. The Bertz CT molecular complexity index is 611. The number of hydrogen-bond donors (Lipinski definition) is 3. The third-order valence-electron chi connectivity index (χ3n) is 3.29. The number of anilines is 1. The van der Waals surface area contributed by atoms with Gasteiger partial charge in [0.15, 0.2) is 5.78 Å². The molecular weight excluding hydrogens is 389 g/mol. The minimum Gasteiger partial charge on any atom is -0.402 e. The Morgan fingerprint density at radius 1 is 0.846 bits per heavy atom. The molecule has 9 heteroatoms. The lowest BCUT2D eigenvalue weighted by molar-refractivity contribution is 0.103. The van der Waals surface area contributed by atoms with Crippen LogP contribution in [0.15, 0.2) is 54.6 Å². The number of benzene rings is 2. The molecule has 0 aliphatic rings. The molecule has 0 atom stereocenters. The van der Waals surface area contributed by atoms with Gasteiger partial charge < -0.3 is 20.0 Å². The standard InChI is InChI=1S/C17H19NO.BH3O3.3H2S/c1-3-18(4-2)16-13-9-8-12-15(16)17(19)14-10-6-5-7-11-14;2-1(3)4;;;/h5-13H,3-4H2,1-2H3;2-4H;3*1H2. The van der Waals surface area contributed by atoms with Crippen molar-refractivity contribution in [1.82, 2.24) is 0 Å². The maximum atomic E-state index is 12.6. The van der Waals surface area contributed by atoms with E-state index in [0.29, 0.717) is 0 Å². The highest BCUT2D eigenvalue weighted by Gasteiger charge is 2.15. The summed E-state index contributed by atoms with van der Waals surface area (Å²) in [6.07, 6.45) is 0. The van der Waals surface area contributed by atoms with E-state index in [1.807, 2.05) is 54.6 Å². The van der Waals surface area contributed by atoms with Crippen LogP contribution in [0, 0.1) is 0 Å². The Balaban J connectivity index is -0.000000689. The molecule has 2 aromatic rings. The van der Waals surface area contributed by atoms with E-state index in [-0.39, 0.29) is 46.3 Å². The molecule has 0 aromatic heterocycles. The summed E-state index contributed by atoms with van der Waals surface area (Å²) in [5.74, 6) is 0.0862. The van der Waals surface area contributed by atoms with Crippen molar-refractivity contribution in [3.63, 3.8) is 0 Å². The molecule has 0 bridgehead atoms. The second kappa shape index (κ2) is 16.1. The second-order valence-electron chi connectivity index (χ2n) is 4.73. The summed E-state index contributed by atoms with van der Waals surface area (Å²) in [7, 11) is -2.17. The molecule has 26 heavy (non-hydrogen) atoms. The Morgan fingerprint density at radius 3 is 1.73 bits per heavy atom. The molecule has 0 unspecified atom stereocenters. The number of para-hydroxylation sites is 1. The van der Waals surface area contributed by atoms with Crippen LogP contribution in [-0.2, 0) is 0 Å². The number of ketones is 1. The molecule has 0 heterocycles. The molecule has 0 aliphatic heterocycles. The fourth-order valence-electron chi connectivity index (χ4n) is 2.25. The molecule has 0 saturated heterocycles. The van der Waals surface area contributed by atoms with Crippen LogP contribution >= 0.6 is 40.5 Å². The molecule has 2 rings (SSSR count). The summed E-state index contributed by atoms with van der Waals surface area (Å²) in [6, 6.07) is 17.3. The molecule has 3 N–H and O–H groups in total. The average Bonchev–Trinajstić information content (AvgIpc) is 2.56. The van der Waals surface area contributed by atoms with Crippen molar-refractivity contribution in [3.05, 3.63) is 65.7 Å². The highest BCUT2D eigenvalue weighted by atomic mass is 32.1. The van der Waals surface area contributed by atoms with Gasteiger partial charge in [-0.2, -0.15) is 40.5 Å². The lowest BCUT2D eigenvalue weighted by atomic mass is 10.0. The first-order chi connectivity index (χ1) is 11.0. The number of rotatable bonds is 5. The van der Waals surface area contributed by atoms with Crippen molar-refractivity contribution in [2.45, 2.75) is 13.8 Å². The van der Waals surface area contributed by atoms with E-state index >= 15 is 0 Å². The normalized spacial score (nSPS) is 8.50. The van der Waals surface area contributed by atoms with Crippen molar-refractivity contribution in [1.29, 1.82) is 0 Å². The van der Waals surface area contributed by atoms with E-state index in [0.717, 1.165) is 29.9 Å². The van der Waals surface area contributed by atoms with Crippen LogP contribution in [0.4, 0.5) is 5.69 Å². The van der Waals surface area contributed by atoms with Gasteiger partial charge in [0, 0.05) is 29.9 Å². The van der Waals surface area contributed by atoms with Crippen LogP contribution in [0.2, 0.25) is 0 Å². The zero-order chi connectivity index (χ0) is 17.2. The van der Waals surface area contributed by atoms with Crippen molar-refractivity contribution in [3.8, 4) is 0 Å². The largest absolute Gasteiger partial charge is 0.631 e. The molecule has 0 amide bonds. The fourth-order valence-corrected chi connectivity index (χ4v) is 2.25. The van der Waals surface area contributed by atoms with Gasteiger partial charge in [-0.3, -0.25) is 4.79 Å². The van der Waals surface area contributed by atoms with Crippen molar-refractivity contribution < 1.29 is 19.9 Å². The maximum Gasteiger partial charge on any atom is 0.631 e. The minimum atomic E-state index is -2.17. The smallest absolute Gasteiger partial charge is 0.402 e. The van der Waals surface area contributed by atoms with Gasteiger partial charge in [0.2, 0.25) is 0 Å². The Labute approximate surface area is 176 Å².